The number of thiocarbonyl (C=S) groups is 1. The van der Waals surface area contributed by atoms with Crippen LogP contribution < -0.4 is 10.6 Å². The third-order valence-corrected chi connectivity index (χ3v) is 5.38. The molecule has 6 heteroatoms. The molecular formula is C26H25N3O2S. The average Bonchev–Trinajstić information content (AvgIpc) is 3.17. The highest BCUT2D eigenvalue weighted by atomic mass is 32.1. The molecule has 0 aliphatic carbocycles. The van der Waals surface area contributed by atoms with E-state index >= 15 is 0 Å². The van der Waals surface area contributed by atoms with E-state index < -0.39 is 0 Å². The molecule has 5 nitrogen and oxygen atoms in total. The Morgan fingerprint density at radius 3 is 2.31 bits per heavy atom. The third kappa shape index (κ3) is 4.86. The Kier molecular flexibility index (Phi) is 5.80. The van der Waals surface area contributed by atoms with E-state index in [1.54, 1.807) is 0 Å². The Morgan fingerprint density at radius 2 is 1.66 bits per heavy atom. The lowest BCUT2D eigenvalue weighted by Crippen LogP contribution is -2.34. The third-order valence-electron chi connectivity index (χ3n) is 5.17. The molecule has 1 aromatic heterocycles. The second-order valence-corrected chi connectivity index (χ2v) is 9.21. The van der Waals surface area contributed by atoms with Crippen LogP contribution in [0.2, 0.25) is 0 Å². The molecule has 0 saturated heterocycles. The van der Waals surface area contributed by atoms with Gasteiger partial charge >= 0.3 is 0 Å². The van der Waals surface area contributed by atoms with Gasteiger partial charge in [0, 0.05) is 16.8 Å². The zero-order valence-corrected chi connectivity index (χ0v) is 19.3. The van der Waals surface area contributed by atoms with Crippen LogP contribution in [0.15, 0.2) is 71.1 Å². The molecule has 3 aromatic carbocycles. The van der Waals surface area contributed by atoms with E-state index in [4.69, 9.17) is 16.6 Å². The number of carbonyl (C=O) groups excluding carboxylic acids is 1. The van der Waals surface area contributed by atoms with Crippen LogP contribution in [-0.2, 0) is 5.41 Å². The van der Waals surface area contributed by atoms with Crippen LogP contribution in [0, 0.1) is 6.92 Å². The monoisotopic (exact) mass is 443 g/mol. The fourth-order valence-corrected chi connectivity index (χ4v) is 3.53. The summed E-state index contributed by atoms with van der Waals surface area (Å²) in [7, 11) is 0. The van der Waals surface area contributed by atoms with Gasteiger partial charge in [0.1, 0.15) is 5.52 Å². The van der Waals surface area contributed by atoms with Crippen molar-refractivity contribution in [2.45, 2.75) is 33.1 Å². The minimum absolute atomic E-state index is 0.0366. The Balaban J connectivity index is 1.39. The van der Waals surface area contributed by atoms with Crippen molar-refractivity contribution in [3.05, 3.63) is 83.4 Å². The van der Waals surface area contributed by atoms with Crippen molar-refractivity contribution >= 4 is 40.0 Å². The number of fused-ring (bicyclic) bond motifs is 1. The van der Waals surface area contributed by atoms with Gasteiger partial charge in [-0.15, -0.1) is 0 Å². The number of amides is 1. The van der Waals surface area contributed by atoms with Gasteiger partial charge in [-0.2, -0.15) is 0 Å². The lowest BCUT2D eigenvalue weighted by molar-refractivity contribution is 0.0977. The molecular weight excluding hydrogens is 418 g/mol. The van der Waals surface area contributed by atoms with Crippen molar-refractivity contribution in [1.29, 1.82) is 0 Å². The first kappa shape index (κ1) is 21.7. The maximum absolute atomic E-state index is 12.5. The maximum atomic E-state index is 12.5. The molecule has 0 atom stereocenters. The summed E-state index contributed by atoms with van der Waals surface area (Å²) >= 11 is 5.31. The van der Waals surface area contributed by atoms with Crippen molar-refractivity contribution in [2.75, 3.05) is 5.32 Å². The van der Waals surface area contributed by atoms with Crippen molar-refractivity contribution in [3.63, 3.8) is 0 Å². The average molecular weight is 444 g/mol. The SMILES string of the molecule is Cc1ccc2oc(-c3ccc(NC(=S)NC(=O)c4ccc(C(C)(C)C)cc4)cc3)nc2c1. The number of benzene rings is 3. The molecule has 162 valence electrons. The number of carbonyl (C=O) groups is 1. The van der Waals surface area contributed by atoms with Crippen LogP contribution in [0.25, 0.3) is 22.6 Å². The molecule has 0 aliphatic heterocycles. The molecule has 32 heavy (non-hydrogen) atoms. The first-order valence-electron chi connectivity index (χ1n) is 10.4. The van der Waals surface area contributed by atoms with Gasteiger partial charge in [0.05, 0.1) is 0 Å². The highest BCUT2D eigenvalue weighted by Gasteiger charge is 2.15. The van der Waals surface area contributed by atoms with E-state index in [2.05, 4.69) is 36.4 Å². The van der Waals surface area contributed by atoms with E-state index in [-0.39, 0.29) is 16.4 Å². The molecule has 2 N–H and O–H groups in total. The molecule has 4 aromatic rings. The highest BCUT2D eigenvalue weighted by molar-refractivity contribution is 7.80. The number of aryl methyl sites for hydroxylation is 1. The van der Waals surface area contributed by atoms with Crippen molar-refractivity contribution in [2.24, 2.45) is 0 Å². The molecule has 0 fully saturated rings. The Morgan fingerprint density at radius 1 is 0.969 bits per heavy atom. The van der Waals surface area contributed by atoms with Crippen LogP contribution in [-0.4, -0.2) is 16.0 Å². The summed E-state index contributed by atoms with van der Waals surface area (Å²) in [5.74, 6) is 0.313. The van der Waals surface area contributed by atoms with Gasteiger partial charge in [0.15, 0.2) is 10.7 Å². The van der Waals surface area contributed by atoms with E-state index in [9.17, 15) is 4.79 Å². The number of rotatable bonds is 3. The Labute approximate surface area is 192 Å². The molecule has 0 spiro atoms. The summed E-state index contributed by atoms with van der Waals surface area (Å²) in [5.41, 5.74) is 6.11. The molecule has 1 amide bonds. The summed E-state index contributed by atoms with van der Waals surface area (Å²) in [6, 6.07) is 21.0. The smallest absolute Gasteiger partial charge is 0.257 e. The summed E-state index contributed by atoms with van der Waals surface area (Å²) < 4.78 is 5.85. The largest absolute Gasteiger partial charge is 0.436 e. The summed E-state index contributed by atoms with van der Waals surface area (Å²) in [5, 5.41) is 6.00. The molecule has 4 rings (SSSR count). The topological polar surface area (TPSA) is 67.2 Å². The lowest BCUT2D eigenvalue weighted by Gasteiger charge is -2.19. The fraction of sp³-hybridized carbons (Fsp3) is 0.192. The predicted molar refractivity (Wildman–Crippen MR) is 133 cm³/mol. The van der Waals surface area contributed by atoms with Crippen molar-refractivity contribution < 1.29 is 9.21 Å². The van der Waals surface area contributed by atoms with Gasteiger partial charge in [-0.25, -0.2) is 4.98 Å². The van der Waals surface area contributed by atoms with Crippen LogP contribution in [0.3, 0.4) is 0 Å². The molecule has 0 unspecified atom stereocenters. The first-order chi connectivity index (χ1) is 15.2. The number of oxazole rings is 1. The van der Waals surface area contributed by atoms with E-state index in [1.807, 2.05) is 73.7 Å². The van der Waals surface area contributed by atoms with Gasteiger partial charge in [0.2, 0.25) is 5.89 Å². The van der Waals surface area contributed by atoms with Gasteiger partial charge < -0.3 is 9.73 Å². The zero-order valence-electron chi connectivity index (χ0n) is 18.5. The fourth-order valence-electron chi connectivity index (χ4n) is 3.32. The van der Waals surface area contributed by atoms with Crippen LogP contribution in [0.4, 0.5) is 5.69 Å². The number of nitrogens with one attached hydrogen (secondary N) is 2. The molecule has 0 bridgehead atoms. The Hall–Kier alpha value is -3.51. The van der Waals surface area contributed by atoms with Crippen LogP contribution in [0.5, 0.6) is 0 Å². The second-order valence-electron chi connectivity index (χ2n) is 8.80. The summed E-state index contributed by atoms with van der Waals surface area (Å²) in [6.07, 6.45) is 0. The zero-order chi connectivity index (χ0) is 22.9. The lowest BCUT2D eigenvalue weighted by atomic mass is 9.87. The molecule has 0 radical (unpaired) electrons. The van der Waals surface area contributed by atoms with Gasteiger partial charge in [-0.3, -0.25) is 10.1 Å². The standard InChI is InChI=1S/C26H25N3O2S/c1-16-5-14-22-21(15-16)28-24(31-22)18-8-12-20(13-9-18)27-25(32)29-23(30)17-6-10-19(11-7-17)26(2,3)4/h5-15H,1-4H3,(H2,27,29,30,32). The molecule has 0 aliphatic rings. The second kappa shape index (κ2) is 8.55. The first-order valence-corrected chi connectivity index (χ1v) is 10.8. The minimum atomic E-state index is -0.249. The number of aromatic nitrogens is 1. The van der Waals surface area contributed by atoms with Gasteiger partial charge in [-0.05, 0) is 84.2 Å². The highest BCUT2D eigenvalue weighted by Crippen LogP contribution is 2.26. The Bertz CT molecular complexity index is 1280. The summed E-state index contributed by atoms with van der Waals surface area (Å²) in [6.45, 7) is 8.43. The quantitative estimate of drug-likeness (QED) is 0.368. The summed E-state index contributed by atoms with van der Waals surface area (Å²) in [4.78, 5) is 17.1. The van der Waals surface area contributed by atoms with Gasteiger partial charge in [0.25, 0.3) is 5.91 Å². The van der Waals surface area contributed by atoms with E-state index in [0.717, 1.165) is 27.9 Å². The molecule has 1 heterocycles. The van der Waals surface area contributed by atoms with Gasteiger partial charge in [-0.1, -0.05) is 39.0 Å². The van der Waals surface area contributed by atoms with Crippen molar-refractivity contribution in [3.8, 4) is 11.5 Å². The van der Waals surface area contributed by atoms with Crippen LogP contribution >= 0.6 is 12.2 Å². The normalized spacial score (nSPS) is 11.4. The molecule has 0 saturated carbocycles. The number of anilines is 1. The van der Waals surface area contributed by atoms with Crippen LogP contribution in [0.1, 0.15) is 42.3 Å². The number of hydrogen-bond acceptors (Lipinski definition) is 4. The number of nitrogens with zero attached hydrogens (tertiary/aromatic N) is 1. The number of hydrogen-bond donors (Lipinski definition) is 2. The van der Waals surface area contributed by atoms with E-state index in [0.29, 0.717) is 11.5 Å². The maximum Gasteiger partial charge on any atom is 0.257 e. The predicted octanol–water partition coefficient (Wildman–Crippen LogP) is 6.23. The minimum Gasteiger partial charge on any atom is -0.436 e. The van der Waals surface area contributed by atoms with E-state index in [1.165, 1.54) is 5.56 Å². The van der Waals surface area contributed by atoms with Crippen molar-refractivity contribution in [1.82, 2.24) is 10.3 Å².